The summed E-state index contributed by atoms with van der Waals surface area (Å²) in [6.45, 7) is -0.366. The molecule has 1 heterocycles. The number of benzene rings is 2. The summed E-state index contributed by atoms with van der Waals surface area (Å²) in [6, 6.07) is 8.43. The standard InChI is InChI=1S/C19H17Cl2NO7S/c20-12-2-4-14(15(21)8-12)16(23)11-29-19(24)10-22-30(25,26)13-3-5-17-18(9-13)28-7-1-6-27-17/h2-5,8-9,22H,1,6-7,10-11H2. The predicted molar refractivity (Wildman–Crippen MR) is 109 cm³/mol. The summed E-state index contributed by atoms with van der Waals surface area (Å²) in [5.41, 5.74) is 0.140. The highest BCUT2D eigenvalue weighted by molar-refractivity contribution is 7.89. The maximum Gasteiger partial charge on any atom is 0.321 e. The Bertz CT molecular complexity index is 1070. The fourth-order valence-corrected chi connectivity index (χ4v) is 4.04. The molecule has 30 heavy (non-hydrogen) atoms. The second kappa shape index (κ2) is 9.65. The van der Waals surface area contributed by atoms with E-state index in [1.54, 1.807) is 0 Å². The zero-order valence-corrected chi connectivity index (χ0v) is 17.8. The number of rotatable bonds is 7. The normalized spacial score (nSPS) is 13.4. The maximum atomic E-state index is 12.4. The lowest BCUT2D eigenvalue weighted by atomic mass is 10.1. The molecule has 8 nitrogen and oxygen atoms in total. The molecule has 0 spiro atoms. The van der Waals surface area contributed by atoms with Crippen LogP contribution in [0.4, 0.5) is 0 Å². The van der Waals surface area contributed by atoms with E-state index in [2.05, 4.69) is 4.72 Å². The van der Waals surface area contributed by atoms with Gasteiger partial charge in [0.15, 0.2) is 18.1 Å². The van der Waals surface area contributed by atoms with Crippen molar-refractivity contribution in [2.24, 2.45) is 0 Å². The van der Waals surface area contributed by atoms with E-state index in [0.717, 1.165) is 0 Å². The van der Waals surface area contributed by atoms with Crippen molar-refractivity contribution < 1.29 is 32.2 Å². The molecule has 2 aromatic rings. The first-order valence-electron chi connectivity index (χ1n) is 8.79. The molecule has 0 bridgehead atoms. The third kappa shape index (κ3) is 5.63. The second-order valence-corrected chi connectivity index (χ2v) is 8.80. The topological polar surface area (TPSA) is 108 Å². The van der Waals surface area contributed by atoms with Crippen LogP contribution in [0, 0.1) is 0 Å². The van der Waals surface area contributed by atoms with Gasteiger partial charge in [0.25, 0.3) is 0 Å². The number of ether oxygens (including phenoxy) is 3. The molecule has 0 aliphatic carbocycles. The summed E-state index contributed by atoms with van der Waals surface area (Å²) >= 11 is 11.7. The fourth-order valence-electron chi connectivity index (χ4n) is 2.54. The average molecular weight is 474 g/mol. The summed E-state index contributed by atoms with van der Waals surface area (Å²) < 4.78 is 42.7. The molecule has 0 radical (unpaired) electrons. The number of nitrogens with one attached hydrogen (secondary N) is 1. The molecular formula is C19H17Cl2NO7S. The van der Waals surface area contributed by atoms with Gasteiger partial charge in [-0.3, -0.25) is 9.59 Å². The van der Waals surface area contributed by atoms with Crippen LogP contribution in [0.2, 0.25) is 10.0 Å². The average Bonchev–Trinajstić information content (AvgIpc) is 2.95. The van der Waals surface area contributed by atoms with E-state index in [1.165, 1.54) is 36.4 Å². The number of esters is 1. The van der Waals surface area contributed by atoms with Gasteiger partial charge in [-0.1, -0.05) is 23.2 Å². The number of Topliss-reactive ketones (excluding diaryl/α,β-unsaturated/α-hetero) is 1. The van der Waals surface area contributed by atoms with Gasteiger partial charge < -0.3 is 14.2 Å². The number of fused-ring (bicyclic) bond motifs is 1. The molecule has 3 rings (SSSR count). The fraction of sp³-hybridized carbons (Fsp3) is 0.263. The van der Waals surface area contributed by atoms with Crippen molar-refractivity contribution in [3.05, 3.63) is 52.0 Å². The van der Waals surface area contributed by atoms with Crippen molar-refractivity contribution in [1.82, 2.24) is 4.72 Å². The molecule has 0 unspecified atom stereocenters. The molecule has 1 N–H and O–H groups in total. The minimum absolute atomic E-state index is 0.0939. The number of carbonyl (C=O) groups is 2. The minimum atomic E-state index is -4.01. The van der Waals surface area contributed by atoms with Crippen molar-refractivity contribution in [3.63, 3.8) is 0 Å². The van der Waals surface area contributed by atoms with Crippen LogP contribution in [0.3, 0.4) is 0 Å². The molecule has 0 amide bonds. The van der Waals surface area contributed by atoms with Gasteiger partial charge >= 0.3 is 5.97 Å². The van der Waals surface area contributed by atoms with E-state index >= 15 is 0 Å². The summed E-state index contributed by atoms with van der Waals surface area (Å²) in [7, 11) is -4.01. The van der Waals surface area contributed by atoms with Crippen molar-refractivity contribution in [2.75, 3.05) is 26.4 Å². The van der Waals surface area contributed by atoms with E-state index in [4.69, 9.17) is 37.4 Å². The van der Waals surface area contributed by atoms with Gasteiger partial charge in [0.2, 0.25) is 15.8 Å². The second-order valence-electron chi connectivity index (χ2n) is 6.19. The Hall–Kier alpha value is -2.33. The minimum Gasteiger partial charge on any atom is -0.490 e. The Morgan fingerprint density at radius 3 is 2.50 bits per heavy atom. The van der Waals surface area contributed by atoms with Crippen molar-refractivity contribution >= 4 is 45.0 Å². The first kappa shape index (κ1) is 22.4. The number of halogens is 2. The highest BCUT2D eigenvalue weighted by Crippen LogP contribution is 2.31. The van der Waals surface area contributed by atoms with E-state index < -0.39 is 34.9 Å². The summed E-state index contributed by atoms with van der Waals surface area (Å²) in [6.07, 6.45) is 0.681. The van der Waals surface area contributed by atoms with Crippen LogP contribution in [0.15, 0.2) is 41.3 Å². The summed E-state index contributed by atoms with van der Waals surface area (Å²) in [4.78, 5) is 23.9. The van der Waals surface area contributed by atoms with E-state index in [-0.39, 0.29) is 15.5 Å². The zero-order valence-electron chi connectivity index (χ0n) is 15.5. The van der Waals surface area contributed by atoms with Gasteiger partial charge in [-0.15, -0.1) is 0 Å². The monoisotopic (exact) mass is 473 g/mol. The molecule has 0 saturated heterocycles. The molecular weight excluding hydrogens is 457 g/mol. The van der Waals surface area contributed by atoms with E-state index in [1.807, 2.05) is 0 Å². The Balaban J connectivity index is 1.56. The quantitative estimate of drug-likeness (QED) is 0.486. The summed E-state index contributed by atoms with van der Waals surface area (Å²) in [5, 5.41) is 0.483. The van der Waals surface area contributed by atoms with Crippen molar-refractivity contribution in [3.8, 4) is 11.5 Å². The Morgan fingerprint density at radius 1 is 1.03 bits per heavy atom. The van der Waals surface area contributed by atoms with Crippen molar-refractivity contribution in [2.45, 2.75) is 11.3 Å². The number of carbonyl (C=O) groups excluding carboxylic acids is 2. The first-order chi connectivity index (χ1) is 14.3. The molecule has 1 aliphatic heterocycles. The van der Waals surface area contributed by atoms with Crippen LogP contribution in [0.25, 0.3) is 0 Å². The largest absolute Gasteiger partial charge is 0.490 e. The number of hydrogen-bond acceptors (Lipinski definition) is 7. The number of hydrogen-bond donors (Lipinski definition) is 1. The van der Waals surface area contributed by atoms with Crippen LogP contribution < -0.4 is 14.2 Å². The van der Waals surface area contributed by atoms with Crippen LogP contribution in [-0.4, -0.2) is 46.5 Å². The third-order valence-corrected chi connectivity index (χ3v) is 5.98. The zero-order chi connectivity index (χ0) is 21.7. The van der Waals surface area contributed by atoms with E-state index in [0.29, 0.717) is 36.2 Å². The van der Waals surface area contributed by atoms with Gasteiger partial charge in [0.05, 0.1) is 23.1 Å². The molecule has 0 saturated carbocycles. The molecule has 1 aliphatic rings. The first-order valence-corrected chi connectivity index (χ1v) is 11.0. The Morgan fingerprint density at radius 2 is 1.77 bits per heavy atom. The number of ketones is 1. The highest BCUT2D eigenvalue weighted by atomic mass is 35.5. The predicted octanol–water partition coefficient (Wildman–Crippen LogP) is 2.86. The SMILES string of the molecule is O=C(CNS(=O)(=O)c1ccc2c(c1)OCCCO2)OCC(=O)c1ccc(Cl)cc1Cl. The molecule has 0 atom stereocenters. The van der Waals surface area contributed by atoms with Crippen LogP contribution in [-0.2, 0) is 19.6 Å². The highest BCUT2D eigenvalue weighted by Gasteiger charge is 2.20. The van der Waals surface area contributed by atoms with Crippen LogP contribution in [0.5, 0.6) is 11.5 Å². The molecule has 160 valence electrons. The molecule has 0 fully saturated rings. The smallest absolute Gasteiger partial charge is 0.321 e. The lowest BCUT2D eigenvalue weighted by Gasteiger charge is -2.11. The molecule has 2 aromatic carbocycles. The van der Waals surface area contributed by atoms with E-state index in [9.17, 15) is 18.0 Å². The van der Waals surface area contributed by atoms with Crippen molar-refractivity contribution in [1.29, 1.82) is 0 Å². The van der Waals surface area contributed by atoms with Gasteiger partial charge in [0, 0.05) is 23.1 Å². The molecule has 0 aromatic heterocycles. The van der Waals surface area contributed by atoms with Gasteiger partial charge in [-0.05, 0) is 30.3 Å². The van der Waals surface area contributed by atoms with Gasteiger partial charge in [0.1, 0.15) is 6.54 Å². The van der Waals surface area contributed by atoms with Gasteiger partial charge in [-0.2, -0.15) is 4.72 Å². The van der Waals surface area contributed by atoms with Crippen LogP contribution in [0.1, 0.15) is 16.8 Å². The van der Waals surface area contributed by atoms with Gasteiger partial charge in [-0.25, -0.2) is 8.42 Å². The lowest BCUT2D eigenvalue weighted by Crippen LogP contribution is -2.31. The number of sulfonamides is 1. The lowest BCUT2D eigenvalue weighted by molar-refractivity contribution is -0.141. The Kier molecular flexibility index (Phi) is 7.19. The Labute approximate surface area is 183 Å². The summed E-state index contributed by atoms with van der Waals surface area (Å²) in [5.74, 6) is -0.712. The third-order valence-electron chi connectivity index (χ3n) is 4.03. The van der Waals surface area contributed by atoms with Crippen LogP contribution >= 0.6 is 23.2 Å². The maximum absolute atomic E-state index is 12.4. The molecule has 11 heteroatoms.